The Morgan fingerprint density at radius 2 is 1.81 bits per heavy atom. The molecule has 5 nitrogen and oxygen atoms in total. The number of aryl methyl sites for hydroxylation is 1. The molecule has 7 heteroatoms. The Balaban J connectivity index is 1.46. The molecular weight excluding hydrogens is 530 g/mol. The Morgan fingerprint density at radius 3 is 2.56 bits per heavy atom. The molecule has 1 saturated heterocycles. The summed E-state index contributed by atoms with van der Waals surface area (Å²) in [6.07, 6.45) is 2.82. The highest BCUT2D eigenvalue weighted by molar-refractivity contribution is 9.10. The second kappa shape index (κ2) is 10.8. The van der Waals surface area contributed by atoms with E-state index in [2.05, 4.69) is 111 Å². The van der Waals surface area contributed by atoms with Gasteiger partial charge in [0.2, 0.25) is 0 Å². The van der Waals surface area contributed by atoms with E-state index < -0.39 is 0 Å². The maximum atomic E-state index is 5.88. The van der Waals surface area contributed by atoms with E-state index in [1.54, 1.807) is 0 Å². The summed E-state index contributed by atoms with van der Waals surface area (Å²) in [4.78, 5) is 7.04. The minimum Gasteiger partial charge on any atom is -0.385 e. The normalized spacial score (nSPS) is 17.3. The SMILES string of the molecule is Cc1cc(C2C(c3ccccn3)NC(=S)N2CCCNc2ccccc2)c(C)n1-c1cccc(Br)c1. The maximum absolute atomic E-state index is 5.88. The van der Waals surface area contributed by atoms with Gasteiger partial charge in [-0.2, -0.15) is 0 Å². The van der Waals surface area contributed by atoms with Gasteiger partial charge in [-0.25, -0.2) is 0 Å². The molecule has 0 amide bonds. The van der Waals surface area contributed by atoms with Crippen molar-refractivity contribution in [1.82, 2.24) is 19.8 Å². The van der Waals surface area contributed by atoms with Crippen LogP contribution < -0.4 is 10.6 Å². The topological polar surface area (TPSA) is 45.1 Å². The third kappa shape index (κ3) is 5.04. The average molecular weight is 561 g/mol. The average Bonchev–Trinajstić information content (AvgIpc) is 3.37. The van der Waals surface area contributed by atoms with Crippen molar-refractivity contribution < 1.29 is 0 Å². The largest absolute Gasteiger partial charge is 0.385 e. The lowest BCUT2D eigenvalue weighted by molar-refractivity contribution is 0.315. The monoisotopic (exact) mass is 559 g/mol. The van der Waals surface area contributed by atoms with Gasteiger partial charge >= 0.3 is 0 Å². The van der Waals surface area contributed by atoms with Gasteiger partial charge in [-0.15, -0.1) is 0 Å². The summed E-state index contributed by atoms with van der Waals surface area (Å²) in [6.45, 7) is 6.10. The van der Waals surface area contributed by atoms with Crippen molar-refractivity contribution in [2.45, 2.75) is 32.4 Å². The molecule has 1 fully saturated rings. The Bertz CT molecular complexity index is 1340. The minimum atomic E-state index is -0.0164. The predicted octanol–water partition coefficient (Wildman–Crippen LogP) is 6.73. The summed E-state index contributed by atoms with van der Waals surface area (Å²) in [7, 11) is 0. The molecule has 4 aromatic rings. The molecule has 0 bridgehead atoms. The van der Waals surface area contributed by atoms with Crippen molar-refractivity contribution in [3.8, 4) is 5.69 Å². The summed E-state index contributed by atoms with van der Waals surface area (Å²) in [5.41, 5.74) is 6.97. The van der Waals surface area contributed by atoms with Crippen LogP contribution in [0.3, 0.4) is 0 Å². The number of halogens is 1. The third-order valence-corrected chi connectivity index (χ3v) is 7.58. The highest BCUT2D eigenvalue weighted by Crippen LogP contribution is 2.41. The highest BCUT2D eigenvalue weighted by Gasteiger charge is 2.41. The van der Waals surface area contributed by atoms with Crippen LogP contribution in [-0.2, 0) is 0 Å². The van der Waals surface area contributed by atoms with Crippen LogP contribution in [0.5, 0.6) is 0 Å². The van der Waals surface area contributed by atoms with Crippen molar-refractivity contribution in [3.05, 3.63) is 112 Å². The van der Waals surface area contributed by atoms with Crippen LogP contribution in [0.25, 0.3) is 5.69 Å². The van der Waals surface area contributed by atoms with Gasteiger partial charge in [0.15, 0.2) is 5.11 Å². The number of para-hydroxylation sites is 1. The molecule has 1 aliphatic heterocycles. The molecule has 0 radical (unpaired) electrons. The fraction of sp³-hybridized carbons (Fsp3) is 0.241. The van der Waals surface area contributed by atoms with Gasteiger partial charge in [0.25, 0.3) is 0 Å². The smallest absolute Gasteiger partial charge is 0.170 e. The van der Waals surface area contributed by atoms with E-state index >= 15 is 0 Å². The molecule has 0 aliphatic carbocycles. The second-order valence-electron chi connectivity index (χ2n) is 9.11. The number of nitrogens with one attached hydrogen (secondary N) is 2. The van der Waals surface area contributed by atoms with Crippen LogP contribution in [0.4, 0.5) is 5.69 Å². The lowest BCUT2D eigenvalue weighted by atomic mass is 9.96. The molecule has 5 rings (SSSR count). The fourth-order valence-electron chi connectivity index (χ4n) is 5.12. The molecule has 36 heavy (non-hydrogen) atoms. The van der Waals surface area contributed by atoms with Gasteiger partial charge in [0.05, 0.1) is 17.8 Å². The van der Waals surface area contributed by atoms with Crippen LogP contribution in [0.1, 0.15) is 41.1 Å². The van der Waals surface area contributed by atoms with Crippen LogP contribution in [0.2, 0.25) is 0 Å². The summed E-state index contributed by atoms with van der Waals surface area (Å²) < 4.78 is 3.39. The van der Waals surface area contributed by atoms with Gasteiger partial charge in [-0.1, -0.05) is 46.3 Å². The molecule has 3 heterocycles. The zero-order valence-electron chi connectivity index (χ0n) is 20.5. The van der Waals surface area contributed by atoms with Crippen molar-refractivity contribution in [2.24, 2.45) is 0 Å². The molecule has 2 N–H and O–H groups in total. The number of nitrogens with zero attached hydrogens (tertiary/aromatic N) is 3. The summed E-state index contributed by atoms with van der Waals surface area (Å²) >= 11 is 9.51. The highest BCUT2D eigenvalue weighted by atomic mass is 79.9. The van der Waals surface area contributed by atoms with Gasteiger partial charge in [0.1, 0.15) is 0 Å². The Labute approximate surface area is 226 Å². The molecule has 2 aromatic heterocycles. The fourth-order valence-corrected chi connectivity index (χ4v) is 5.84. The van der Waals surface area contributed by atoms with E-state index in [0.29, 0.717) is 0 Å². The van der Waals surface area contributed by atoms with Crippen LogP contribution in [0, 0.1) is 13.8 Å². The molecule has 0 spiro atoms. The zero-order valence-corrected chi connectivity index (χ0v) is 22.9. The standard InChI is InChI=1S/C29H30BrN5S/c1-20-18-25(21(2)35(20)24-13-8-10-22(30)19-24)28-27(26-14-6-7-15-32-26)33-29(36)34(28)17-9-16-31-23-11-4-3-5-12-23/h3-8,10-15,18-19,27-28,31H,9,16-17H2,1-2H3,(H,33,36). The lowest BCUT2D eigenvalue weighted by Gasteiger charge is -2.28. The first kappa shape index (κ1) is 24.5. The minimum absolute atomic E-state index is 0.0164. The van der Waals surface area contributed by atoms with Crippen LogP contribution >= 0.6 is 28.1 Å². The summed E-state index contributed by atoms with van der Waals surface area (Å²) in [5, 5.41) is 7.89. The molecule has 2 aromatic carbocycles. The number of hydrogen-bond acceptors (Lipinski definition) is 3. The first-order chi connectivity index (χ1) is 17.5. The third-order valence-electron chi connectivity index (χ3n) is 6.73. The number of thiocarbonyl (C=S) groups is 1. The number of anilines is 1. The molecule has 184 valence electrons. The van der Waals surface area contributed by atoms with E-state index in [9.17, 15) is 0 Å². The van der Waals surface area contributed by atoms with E-state index in [0.717, 1.165) is 46.2 Å². The quantitative estimate of drug-likeness (QED) is 0.185. The maximum Gasteiger partial charge on any atom is 0.170 e. The first-order valence-electron chi connectivity index (χ1n) is 12.2. The van der Waals surface area contributed by atoms with Crippen LogP contribution in [0.15, 0.2) is 89.5 Å². The summed E-state index contributed by atoms with van der Waals surface area (Å²) in [6, 6.07) is 27.2. The molecule has 0 saturated carbocycles. The van der Waals surface area contributed by atoms with Gasteiger partial charge in [0, 0.05) is 46.5 Å². The van der Waals surface area contributed by atoms with E-state index in [4.69, 9.17) is 17.2 Å². The zero-order chi connectivity index (χ0) is 25.1. The number of pyridine rings is 1. The number of hydrogen-bond donors (Lipinski definition) is 2. The Hall–Kier alpha value is -3.16. The van der Waals surface area contributed by atoms with E-state index in [-0.39, 0.29) is 12.1 Å². The second-order valence-corrected chi connectivity index (χ2v) is 10.4. The molecule has 1 aliphatic rings. The van der Waals surface area contributed by atoms with Crippen molar-refractivity contribution >= 4 is 38.9 Å². The van der Waals surface area contributed by atoms with Gasteiger partial charge in [-0.05, 0) is 86.6 Å². The lowest BCUT2D eigenvalue weighted by Crippen LogP contribution is -2.31. The van der Waals surface area contributed by atoms with E-state index in [1.807, 2.05) is 24.4 Å². The van der Waals surface area contributed by atoms with Crippen molar-refractivity contribution in [2.75, 3.05) is 18.4 Å². The van der Waals surface area contributed by atoms with Gasteiger partial charge in [-0.3, -0.25) is 4.98 Å². The number of aromatic nitrogens is 2. The van der Waals surface area contributed by atoms with Crippen molar-refractivity contribution in [1.29, 1.82) is 0 Å². The first-order valence-corrected chi connectivity index (χ1v) is 13.4. The number of benzene rings is 2. The summed E-state index contributed by atoms with van der Waals surface area (Å²) in [5.74, 6) is 0. The number of rotatable bonds is 8. The van der Waals surface area contributed by atoms with Gasteiger partial charge < -0.3 is 20.1 Å². The Kier molecular flexibility index (Phi) is 7.39. The Morgan fingerprint density at radius 1 is 1.00 bits per heavy atom. The molecule has 2 unspecified atom stereocenters. The van der Waals surface area contributed by atoms with Crippen LogP contribution in [-0.4, -0.2) is 32.7 Å². The predicted molar refractivity (Wildman–Crippen MR) is 155 cm³/mol. The molecule has 2 atom stereocenters. The van der Waals surface area contributed by atoms with Crippen molar-refractivity contribution in [3.63, 3.8) is 0 Å². The van der Waals surface area contributed by atoms with E-state index in [1.165, 1.54) is 17.0 Å². The molecular formula is C29H30BrN5S.